The van der Waals surface area contributed by atoms with Crippen molar-refractivity contribution >= 4 is 33.5 Å². The van der Waals surface area contributed by atoms with Gasteiger partial charge in [-0.05, 0) is 43.4 Å². The SMILES string of the molecule is CC(C)C[C@H](NC(=O)c1ccc(Cl)c(S(=O)(=O)N2CCCC2)c1)C(=O)O. The second-order valence-electron chi connectivity index (χ2n) is 6.75. The highest BCUT2D eigenvalue weighted by atomic mass is 35.5. The lowest BCUT2D eigenvalue weighted by Gasteiger charge is -2.18. The lowest BCUT2D eigenvalue weighted by atomic mass is 10.0. The summed E-state index contributed by atoms with van der Waals surface area (Å²) < 4.78 is 26.8. The average molecular weight is 403 g/mol. The molecule has 7 nitrogen and oxygen atoms in total. The molecule has 9 heteroatoms. The van der Waals surface area contributed by atoms with Crippen molar-refractivity contribution in [2.75, 3.05) is 13.1 Å². The van der Waals surface area contributed by atoms with Gasteiger partial charge in [-0.15, -0.1) is 0 Å². The normalized spacial score (nSPS) is 16.6. The van der Waals surface area contributed by atoms with Crippen LogP contribution in [0, 0.1) is 5.92 Å². The molecule has 0 saturated carbocycles. The van der Waals surface area contributed by atoms with Crippen molar-refractivity contribution < 1.29 is 23.1 Å². The van der Waals surface area contributed by atoms with E-state index in [1.54, 1.807) is 0 Å². The predicted molar refractivity (Wildman–Crippen MR) is 97.8 cm³/mol. The van der Waals surface area contributed by atoms with E-state index in [-0.39, 0.29) is 27.8 Å². The molecule has 1 fully saturated rings. The van der Waals surface area contributed by atoms with E-state index in [1.807, 2.05) is 13.8 Å². The third kappa shape index (κ3) is 4.75. The molecule has 1 amide bonds. The maximum Gasteiger partial charge on any atom is 0.326 e. The van der Waals surface area contributed by atoms with Gasteiger partial charge in [-0.1, -0.05) is 25.4 Å². The summed E-state index contributed by atoms with van der Waals surface area (Å²) in [4.78, 5) is 23.6. The second-order valence-corrected chi connectivity index (χ2v) is 9.06. The molecule has 0 aliphatic carbocycles. The van der Waals surface area contributed by atoms with E-state index in [0.717, 1.165) is 12.8 Å². The van der Waals surface area contributed by atoms with E-state index in [9.17, 15) is 23.1 Å². The van der Waals surface area contributed by atoms with Gasteiger partial charge in [-0.2, -0.15) is 4.31 Å². The van der Waals surface area contributed by atoms with Crippen LogP contribution >= 0.6 is 11.6 Å². The van der Waals surface area contributed by atoms with E-state index >= 15 is 0 Å². The zero-order valence-electron chi connectivity index (χ0n) is 14.7. The molecular formula is C17H23ClN2O5S. The molecule has 1 atom stereocenters. The number of halogens is 1. The molecule has 0 spiro atoms. The van der Waals surface area contributed by atoms with Crippen molar-refractivity contribution in [1.82, 2.24) is 9.62 Å². The number of hydrogen-bond acceptors (Lipinski definition) is 4. The predicted octanol–water partition coefficient (Wildman–Crippen LogP) is 2.35. The molecule has 1 aliphatic rings. The number of carboxylic acid groups (broad SMARTS) is 1. The molecule has 0 radical (unpaired) electrons. The Bertz CT molecular complexity index is 788. The first kappa shape index (κ1) is 20.7. The first-order valence-corrected chi connectivity index (χ1v) is 10.3. The van der Waals surface area contributed by atoms with Crippen LogP contribution in [-0.2, 0) is 14.8 Å². The lowest BCUT2D eigenvalue weighted by Crippen LogP contribution is -2.41. The number of rotatable bonds is 7. The number of nitrogens with one attached hydrogen (secondary N) is 1. The minimum atomic E-state index is -3.78. The Labute approximate surface area is 158 Å². The van der Waals surface area contributed by atoms with Crippen LogP contribution in [0.4, 0.5) is 0 Å². The summed E-state index contributed by atoms with van der Waals surface area (Å²) in [7, 11) is -3.78. The summed E-state index contributed by atoms with van der Waals surface area (Å²) in [5, 5.41) is 11.7. The number of sulfonamides is 1. The Hall–Kier alpha value is -1.64. The van der Waals surface area contributed by atoms with Gasteiger partial charge < -0.3 is 10.4 Å². The van der Waals surface area contributed by atoms with Crippen LogP contribution in [0.25, 0.3) is 0 Å². The zero-order valence-corrected chi connectivity index (χ0v) is 16.3. The fourth-order valence-corrected chi connectivity index (χ4v) is 4.86. The number of benzene rings is 1. The topological polar surface area (TPSA) is 104 Å². The fourth-order valence-electron chi connectivity index (χ4n) is 2.84. The molecule has 0 unspecified atom stereocenters. The van der Waals surface area contributed by atoms with Crippen LogP contribution < -0.4 is 5.32 Å². The Balaban J connectivity index is 2.28. The highest BCUT2D eigenvalue weighted by Gasteiger charge is 2.30. The molecule has 0 aromatic heterocycles. The molecule has 1 heterocycles. The molecule has 144 valence electrons. The largest absolute Gasteiger partial charge is 0.480 e. The monoisotopic (exact) mass is 402 g/mol. The third-order valence-electron chi connectivity index (χ3n) is 4.19. The Morgan fingerprint density at radius 3 is 2.42 bits per heavy atom. The van der Waals surface area contributed by atoms with Crippen LogP contribution in [0.15, 0.2) is 23.1 Å². The first-order chi connectivity index (χ1) is 12.1. The van der Waals surface area contributed by atoms with Gasteiger partial charge in [0, 0.05) is 18.7 Å². The third-order valence-corrected chi connectivity index (χ3v) is 6.57. The van der Waals surface area contributed by atoms with E-state index in [2.05, 4.69) is 5.32 Å². The van der Waals surface area contributed by atoms with Crippen LogP contribution in [0.5, 0.6) is 0 Å². The average Bonchev–Trinajstić information content (AvgIpc) is 3.09. The molecular weight excluding hydrogens is 380 g/mol. The number of aliphatic carboxylic acids is 1. The summed E-state index contributed by atoms with van der Waals surface area (Å²) in [5.74, 6) is -1.70. The Morgan fingerprint density at radius 2 is 1.88 bits per heavy atom. The van der Waals surface area contributed by atoms with Gasteiger partial charge >= 0.3 is 5.97 Å². The maximum atomic E-state index is 12.7. The van der Waals surface area contributed by atoms with E-state index in [1.165, 1.54) is 22.5 Å². The van der Waals surface area contributed by atoms with Crippen molar-refractivity contribution in [2.45, 2.75) is 44.0 Å². The quantitative estimate of drug-likeness (QED) is 0.728. The molecule has 1 saturated heterocycles. The highest BCUT2D eigenvalue weighted by Crippen LogP contribution is 2.28. The lowest BCUT2D eigenvalue weighted by molar-refractivity contribution is -0.139. The number of carboxylic acids is 1. The molecule has 1 aromatic rings. The molecule has 1 aromatic carbocycles. The van der Waals surface area contributed by atoms with E-state index in [0.29, 0.717) is 13.1 Å². The zero-order chi connectivity index (χ0) is 19.5. The maximum absolute atomic E-state index is 12.7. The highest BCUT2D eigenvalue weighted by molar-refractivity contribution is 7.89. The van der Waals surface area contributed by atoms with Crippen molar-refractivity contribution in [3.63, 3.8) is 0 Å². The standard InChI is InChI=1S/C17H23ClN2O5S/c1-11(2)9-14(17(22)23)19-16(21)12-5-6-13(18)15(10-12)26(24,25)20-7-3-4-8-20/h5-6,10-11,14H,3-4,7-9H2,1-2H3,(H,19,21)(H,22,23)/t14-/m0/s1. The number of amides is 1. The van der Waals surface area contributed by atoms with Crippen LogP contribution in [0.3, 0.4) is 0 Å². The molecule has 2 N–H and O–H groups in total. The smallest absolute Gasteiger partial charge is 0.326 e. The second kappa shape index (κ2) is 8.37. The number of hydrogen-bond donors (Lipinski definition) is 2. The summed E-state index contributed by atoms with van der Waals surface area (Å²) in [6.07, 6.45) is 1.84. The van der Waals surface area contributed by atoms with Gasteiger partial charge in [0.15, 0.2) is 0 Å². The minimum absolute atomic E-state index is 0.0328. The van der Waals surface area contributed by atoms with Crippen molar-refractivity contribution in [3.05, 3.63) is 28.8 Å². The van der Waals surface area contributed by atoms with Gasteiger partial charge in [0.25, 0.3) is 5.91 Å². The van der Waals surface area contributed by atoms with Gasteiger partial charge in [0.2, 0.25) is 10.0 Å². The Kier molecular flexibility index (Phi) is 6.65. The van der Waals surface area contributed by atoms with Crippen molar-refractivity contribution in [3.8, 4) is 0 Å². The van der Waals surface area contributed by atoms with Crippen molar-refractivity contribution in [1.29, 1.82) is 0 Å². The molecule has 1 aliphatic heterocycles. The fraction of sp³-hybridized carbons (Fsp3) is 0.529. The molecule has 2 rings (SSSR count). The summed E-state index contributed by atoms with van der Waals surface area (Å²) in [6, 6.07) is 2.89. The Morgan fingerprint density at radius 1 is 1.27 bits per heavy atom. The van der Waals surface area contributed by atoms with Crippen LogP contribution in [-0.4, -0.2) is 48.8 Å². The number of carbonyl (C=O) groups excluding carboxylic acids is 1. The van der Waals surface area contributed by atoms with Crippen molar-refractivity contribution in [2.24, 2.45) is 5.92 Å². The summed E-state index contributed by atoms with van der Waals surface area (Å²) in [6.45, 7) is 4.55. The number of carbonyl (C=O) groups is 2. The van der Waals surface area contributed by atoms with Gasteiger partial charge in [-0.3, -0.25) is 4.79 Å². The van der Waals surface area contributed by atoms with Gasteiger partial charge in [-0.25, -0.2) is 13.2 Å². The van der Waals surface area contributed by atoms with Crippen LogP contribution in [0.2, 0.25) is 5.02 Å². The van der Waals surface area contributed by atoms with Crippen LogP contribution in [0.1, 0.15) is 43.5 Å². The van der Waals surface area contributed by atoms with Gasteiger partial charge in [0.1, 0.15) is 10.9 Å². The molecule has 26 heavy (non-hydrogen) atoms. The van der Waals surface area contributed by atoms with Gasteiger partial charge in [0.05, 0.1) is 5.02 Å². The molecule has 0 bridgehead atoms. The van der Waals surface area contributed by atoms with E-state index in [4.69, 9.17) is 11.6 Å². The van der Waals surface area contributed by atoms with E-state index < -0.39 is 27.9 Å². The summed E-state index contributed by atoms with van der Waals surface area (Å²) in [5.41, 5.74) is 0.0576. The number of nitrogens with zero attached hydrogens (tertiary/aromatic N) is 1. The first-order valence-electron chi connectivity index (χ1n) is 8.46. The summed E-state index contributed by atoms with van der Waals surface area (Å²) >= 11 is 6.06. The minimum Gasteiger partial charge on any atom is -0.480 e.